The lowest BCUT2D eigenvalue weighted by Gasteiger charge is -2.23. The molecule has 2 aromatic rings. The van der Waals surface area contributed by atoms with Gasteiger partial charge in [0.05, 0.1) is 23.5 Å². The number of para-hydroxylation sites is 1. The third kappa shape index (κ3) is 3.41. The Hall–Kier alpha value is -2.48. The van der Waals surface area contributed by atoms with Crippen molar-refractivity contribution in [2.24, 2.45) is 0 Å². The lowest BCUT2D eigenvalue weighted by atomic mass is 10.1. The van der Waals surface area contributed by atoms with Crippen molar-refractivity contribution in [1.82, 2.24) is 0 Å². The maximum atomic E-state index is 14.2. The van der Waals surface area contributed by atoms with Gasteiger partial charge in [0.25, 0.3) is 5.91 Å². The maximum absolute atomic E-state index is 14.2. The molecular weight excluding hydrogens is 388 g/mol. The van der Waals surface area contributed by atoms with Crippen molar-refractivity contribution < 1.29 is 27.1 Å². The molecule has 1 heterocycles. The molecule has 1 aliphatic rings. The first-order valence-corrected chi connectivity index (χ1v) is 8.49. The highest BCUT2D eigenvalue weighted by Crippen LogP contribution is 2.37. The average molecular weight is 403 g/mol. The van der Waals surface area contributed by atoms with Crippen LogP contribution in [0.25, 0.3) is 0 Å². The summed E-state index contributed by atoms with van der Waals surface area (Å²) in [6.07, 6.45) is 1.85. The molecule has 0 spiro atoms. The van der Waals surface area contributed by atoms with E-state index < -0.39 is 40.5 Å². The van der Waals surface area contributed by atoms with Crippen LogP contribution in [0.4, 0.5) is 28.9 Å². The quantitative estimate of drug-likeness (QED) is 0.592. The summed E-state index contributed by atoms with van der Waals surface area (Å²) in [4.78, 5) is 14.3. The zero-order valence-electron chi connectivity index (χ0n) is 14.2. The molecule has 0 unspecified atom stereocenters. The predicted molar refractivity (Wildman–Crippen MR) is 93.7 cm³/mol. The third-order valence-electron chi connectivity index (χ3n) is 4.31. The molecule has 0 saturated carbocycles. The highest BCUT2D eigenvalue weighted by atomic mass is 35.5. The number of halogens is 5. The molecule has 0 aliphatic carbocycles. The van der Waals surface area contributed by atoms with Gasteiger partial charge < -0.3 is 15.0 Å². The number of carbonyl (C=O) groups is 1. The zero-order chi connectivity index (χ0) is 19.7. The Morgan fingerprint density at radius 3 is 2.22 bits per heavy atom. The Labute approximate surface area is 157 Å². The van der Waals surface area contributed by atoms with E-state index in [0.29, 0.717) is 23.8 Å². The minimum absolute atomic E-state index is 0.185. The summed E-state index contributed by atoms with van der Waals surface area (Å²) in [5.74, 6) is -9.82. The molecule has 0 radical (unpaired) electrons. The number of hydrogen-bond acceptors (Lipinski definition) is 3. The minimum Gasteiger partial charge on any atom is -0.491 e. The Morgan fingerprint density at radius 1 is 1.07 bits per heavy atom. The number of nitrogens with zero attached hydrogens (tertiary/aromatic N) is 1. The monoisotopic (exact) mass is 402 g/mol. The molecule has 4 nitrogen and oxygen atoms in total. The molecule has 1 saturated heterocycles. The molecule has 0 atom stereocenters. The van der Waals surface area contributed by atoms with Crippen LogP contribution in [0.1, 0.15) is 23.2 Å². The molecule has 9 heteroatoms. The molecule has 27 heavy (non-hydrogen) atoms. The van der Waals surface area contributed by atoms with Crippen LogP contribution >= 0.6 is 11.6 Å². The van der Waals surface area contributed by atoms with E-state index in [-0.39, 0.29) is 5.69 Å². The van der Waals surface area contributed by atoms with Gasteiger partial charge in [-0.1, -0.05) is 17.7 Å². The summed E-state index contributed by atoms with van der Waals surface area (Å²) in [6, 6.07) is 4.64. The Morgan fingerprint density at radius 2 is 1.67 bits per heavy atom. The number of amides is 1. The van der Waals surface area contributed by atoms with E-state index in [2.05, 4.69) is 10.1 Å². The van der Waals surface area contributed by atoms with Crippen molar-refractivity contribution in [3.05, 3.63) is 52.1 Å². The van der Waals surface area contributed by atoms with Crippen molar-refractivity contribution in [2.45, 2.75) is 12.8 Å². The van der Waals surface area contributed by atoms with Crippen LogP contribution in [0.3, 0.4) is 0 Å². The molecule has 1 aliphatic heterocycles. The smallest absolute Gasteiger partial charge is 0.261 e. The van der Waals surface area contributed by atoms with Gasteiger partial charge >= 0.3 is 0 Å². The molecule has 0 aromatic heterocycles. The Balaban J connectivity index is 2.02. The van der Waals surface area contributed by atoms with Crippen LogP contribution in [0, 0.1) is 23.3 Å². The van der Waals surface area contributed by atoms with Crippen LogP contribution in [-0.2, 0) is 0 Å². The van der Waals surface area contributed by atoms with E-state index in [0.717, 1.165) is 20.0 Å². The van der Waals surface area contributed by atoms with E-state index in [4.69, 9.17) is 11.6 Å². The topological polar surface area (TPSA) is 41.6 Å². The second-order valence-electron chi connectivity index (χ2n) is 5.95. The summed E-state index contributed by atoms with van der Waals surface area (Å²) >= 11 is 6.21. The van der Waals surface area contributed by atoms with Gasteiger partial charge in [-0.2, -0.15) is 8.78 Å². The molecular formula is C18H15ClF4N2O2. The summed E-state index contributed by atoms with van der Waals surface area (Å²) in [7, 11) is 0.856. The first-order valence-electron chi connectivity index (χ1n) is 8.11. The van der Waals surface area contributed by atoms with Gasteiger partial charge in [0, 0.05) is 13.1 Å². The first kappa shape index (κ1) is 19.3. The maximum Gasteiger partial charge on any atom is 0.261 e. The number of ether oxygens (including phenoxy) is 1. The van der Waals surface area contributed by atoms with Crippen LogP contribution < -0.4 is 15.0 Å². The second kappa shape index (κ2) is 7.64. The number of methoxy groups -OCH3 is 1. The van der Waals surface area contributed by atoms with Crippen LogP contribution in [0.2, 0.25) is 5.02 Å². The van der Waals surface area contributed by atoms with Crippen LogP contribution in [-0.4, -0.2) is 26.1 Å². The fourth-order valence-corrected chi connectivity index (χ4v) is 3.35. The fourth-order valence-electron chi connectivity index (χ4n) is 3.05. The van der Waals surface area contributed by atoms with E-state index >= 15 is 0 Å². The summed E-state index contributed by atoms with van der Waals surface area (Å²) in [5, 5.41) is 2.63. The fraction of sp³-hybridized carbons (Fsp3) is 0.278. The SMILES string of the molecule is COc1c(F)c(F)c(C(=O)Nc2cccc(Cl)c2N2CCCC2)c(F)c1F. The number of nitrogens with one attached hydrogen (secondary N) is 1. The summed E-state index contributed by atoms with van der Waals surface area (Å²) in [5.41, 5.74) is -0.705. The molecule has 0 bridgehead atoms. The predicted octanol–water partition coefficient (Wildman–Crippen LogP) is 4.76. The first-order chi connectivity index (χ1) is 12.9. The lowest BCUT2D eigenvalue weighted by Crippen LogP contribution is -2.23. The van der Waals surface area contributed by atoms with E-state index in [1.165, 1.54) is 6.07 Å². The van der Waals surface area contributed by atoms with Crippen molar-refractivity contribution in [3.8, 4) is 5.75 Å². The van der Waals surface area contributed by atoms with Gasteiger partial charge in [-0.25, -0.2) is 8.78 Å². The van der Waals surface area contributed by atoms with E-state index in [1.54, 1.807) is 12.1 Å². The molecule has 2 aromatic carbocycles. The van der Waals surface area contributed by atoms with Crippen molar-refractivity contribution in [3.63, 3.8) is 0 Å². The summed E-state index contributed by atoms with van der Waals surface area (Å²) in [6.45, 7) is 1.39. The second-order valence-corrected chi connectivity index (χ2v) is 6.36. The molecule has 1 N–H and O–H groups in total. The van der Waals surface area contributed by atoms with Crippen LogP contribution in [0.15, 0.2) is 18.2 Å². The Bertz CT molecular complexity index is 872. The molecule has 1 amide bonds. The minimum atomic E-state index is -1.84. The number of carbonyl (C=O) groups excluding carboxylic acids is 1. The number of benzene rings is 2. The summed E-state index contributed by atoms with van der Waals surface area (Å²) < 4.78 is 60.4. The normalized spacial score (nSPS) is 13.8. The largest absolute Gasteiger partial charge is 0.491 e. The van der Waals surface area contributed by atoms with Crippen molar-refractivity contribution >= 4 is 28.9 Å². The Kier molecular flexibility index (Phi) is 5.46. The number of anilines is 2. The number of rotatable bonds is 4. The zero-order valence-corrected chi connectivity index (χ0v) is 15.0. The molecule has 3 rings (SSSR count). The van der Waals surface area contributed by atoms with E-state index in [9.17, 15) is 22.4 Å². The van der Waals surface area contributed by atoms with E-state index in [1.807, 2.05) is 4.90 Å². The number of hydrogen-bond donors (Lipinski definition) is 1. The molecule has 144 valence electrons. The van der Waals surface area contributed by atoms with Gasteiger partial charge in [-0.05, 0) is 25.0 Å². The van der Waals surface area contributed by atoms with Crippen LogP contribution in [0.5, 0.6) is 5.75 Å². The average Bonchev–Trinajstić information content (AvgIpc) is 3.15. The van der Waals surface area contributed by atoms with Crippen molar-refractivity contribution in [2.75, 3.05) is 30.4 Å². The van der Waals surface area contributed by atoms with Gasteiger partial charge in [-0.15, -0.1) is 0 Å². The van der Waals surface area contributed by atoms with Gasteiger partial charge in [0.15, 0.2) is 17.4 Å². The highest BCUT2D eigenvalue weighted by Gasteiger charge is 2.31. The van der Waals surface area contributed by atoms with Gasteiger partial charge in [-0.3, -0.25) is 4.79 Å². The molecule has 1 fully saturated rings. The van der Waals surface area contributed by atoms with Crippen molar-refractivity contribution in [1.29, 1.82) is 0 Å². The third-order valence-corrected chi connectivity index (χ3v) is 4.62. The highest BCUT2D eigenvalue weighted by molar-refractivity contribution is 6.34. The standard InChI is InChI=1S/C18H15ClF4N2O2/c1-27-17-14(22)12(20)11(13(21)15(17)23)18(26)24-10-6-4-5-9(19)16(10)25-7-2-3-8-25/h4-6H,2-3,7-8H2,1H3,(H,24,26). The van der Waals surface area contributed by atoms with Gasteiger partial charge in [0.1, 0.15) is 5.56 Å². The van der Waals surface area contributed by atoms with Gasteiger partial charge in [0.2, 0.25) is 11.6 Å². The lowest BCUT2D eigenvalue weighted by molar-refractivity contribution is 0.101.